The largest absolute Gasteiger partial charge is 0.491 e. The molecule has 0 fully saturated rings. The predicted molar refractivity (Wildman–Crippen MR) is 156 cm³/mol. The van der Waals surface area contributed by atoms with Crippen molar-refractivity contribution in [1.82, 2.24) is 9.55 Å². The highest BCUT2D eigenvalue weighted by molar-refractivity contribution is 7.84. The van der Waals surface area contributed by atoms with Gasteiger partial charge in [-0.15, -0.1) is 0 Å². The molecule has 7 heteroatoms. The van der Waals surface area contributed by atoms with E-state index in [0.29, 0.717) is 19.0 Å². The summed E-state index contributed by atoms with van der Waals surface area (Å²) in [5, 5.41) is 0. The Morgan fingerprint density at radius 3 is 2.54 bits per heavy atom. The molecular weight excluding hydrogens is 508 g/mol. The van der Waals surface area contributed by atoms with Crippen LogP contribution in [0.15, 0.2) is 96.3 Å². The van der Waals surface area contributed by atoms with E-state index >= 15 is 0 Å². The molecule has 0 aliphatic heterocycles. The van der Waals surface area contributed by atoms with Crippen LogP contribution in [0.2, 0.25) is 0 Å². The van der Waals surface area contributed by atoms with Crippen molar-refractivity contribution < 1.29 is 18.5 Å². The maximum Gasteiger partial charge on any atom is 0.160 e. The maximum absolute atomic E-state index is 12.8. The van der Waals surface area contributed by atoms with Crippen LogP contribution in [0.3, 0.4) is 0 Å². The second-order valence-corrected chi connectivity index (χ2v) is 10.6. The third-order valence-corrected chi connectivity index (χ3v) is 7.55. The van der Waals surface area contributed by atoms with Gasteiger partial charge in [0.15, 0.2) is 5.78 Å². The summed E-state index contributed by atoms with van der Waals surface area (Å²) in [5.74, 6) is 1.23. The monoisotopic (exact) mass is 542 g/mol. The number of aryl methyl sites for hydroxylation is 1. The van der Waals surface area contributed by atoms with Crippen molar-refractivity contribution in [3.8, 4) is 16.9 Å². The number of imidazole rings is 1. The molecule has 1 aromatic heterocycles. The van der Waals surface area contributed by atoms with Gasteiger partial charge in [0.25, 0.3) is 0 Å². The van der Waals surface area contributed by atoms with Crippen molar-refractivity contribution in [2.24, 2.45) is 0 Å². The van der Waals surface area contributed by atoms with Gasteiger partial charge in [0.2, 0.25) is 0 Å². The van der Waals surface area contributed by atoms with E-state index in [4.69, 9.17) is 9.47 Å². The SMILES string of the molecule is CCCn1cncc1CS(=O)c1ccc(CC(=O)C=Cc2cccc(-c3ccc(OCCOC)cc3)c2)cc1. The van der Waals surface area contributed by atoms with Gasteiger partial charge in [0, 0.05) is 31.2 Å². The lowest BCUT2D eigenvalue weighted by Crippen LogP contribution is -2.05. The molecule has 0 amide bonds. The summed E-state index contributed by atoms with van der Waals surface area (Å²) in [5.41, 5.74) is 4.95. The zero-order chi connectivity index (χ0) is 27.5. The Morgan fingerprint density at radius 1 is 1.00 bits per heavy atom. The Morgan fingerprint density at radius 2 is 1.79 bits per heavy atom. The summed E-state index contributed by atoms with van der Waals surface area (Å²) in [7, 11) is 0.480. The second-order valence-electron chi connectivity index (χ2n) is 9.18. The number of carbonyl (C=O) groups excluding carboxylic acids is 1. The molecule has 1 unspecified atom stereocenters. The number of allylic oxidation sites excluding steroid dienone is 1. The van der Waals surface area contributed by atoms with Crippen molar-refractivity contribution in [3.63, 3.8) is 0 Å². The molecule has 0 aliphatic rings. The molecule has 4 aromatic rings. The molecule has 0 aliphatic carbocycles. The fourth-order valence-corrected chi connectivity index (χ4v) is 5.26. The summed E-state index contributed by atoms with van der Waals surface area (Å²) in [6.45, 7) is 4.03. The van der Waals surface area contributed by atoms with Crippen molar-refractivity contribution in [1.29, 1.82) is 0 Å². The Hall–Kier alpha value is -3.81. The van der Waals surface area contributed by atoms with Crippen LogP contribution in [-0.4, -0.2) is 39.9 Å². The number of rotatable bonds is 14. The van der Waals surface area contributed by atoms with Gasteiger partial charge < -0.3 is 14.0 Å². The van der Waals surface area contributed by atoms with Gasteiger partial charge in [-0.25, -0.2) is 4.98 Å². The minimum Gasteiger partial charge on any atom is -0.491 e. The molecule has 202 valence electrons. The fourth-order valence-electron chi connectivity index (χ4n) is 4.14. The highest BCUT2D eigenvalue weighted by atomic mass is 32.2. The number of carbonyl (C=O) groups is 1. The summed E-state index contributed by atoms with van der Waals surface area (Å²) >= 11 is 0. The molecule has 0 saturated heterocycles. The number of benzene rings is 3. The first-order chi connectivity index (χ1) is 19.1. The van der Waals surface area contributed by atoms with E-state index in [1.807, 2.05) is 77.4 Å². The van der Waals surface area contributed by atoms with E-state index in [0.717, 1.165) is 51.6 Å². The van der Waals surface area contributed by atoms with Gasteiger partial charge >= 0.3 is 0 Å². The van der Waals surface area contributed by atoms with Crippen molar-refractivity contribution >= 4 is 22.7 Å². The summed E-state index contributed by atoms with van der Waals surface area (Å²) in [6, 6.07) is 23.4. The summed E-state index contributed by atoms with van der Waals surface area (Å²) in [4.78, 5) is 17.6. The number of ether oxygens (including phenoxy) is 2. The first kappa shape index (κ1) is 28.2. The summed E-state index contributed by atoms with van der Waals surface area (Å²) < 4.78 is 25.5. The van der Waals surface area contributed by atoms with Crippen LogP contribution in [0.5, 0.6) is 5.75 Å². The number of hydrogen-bond acceptors (Lipinski definition) is 5. The quantitative estimate of drug-likeness (QED) is 0.142. The van der Waals surface area contributed by atoms with E-state index in [1.54, 1.807) is 25.7 Å². The van der Waals surface area contributed by atoms with Gasteiger partial charge in [-0.1, -0.05) is 55.5 Å². The molecule has 0 spiro atoms. The van der Waals surface area contributed by atoms with Crippen LogP contribution in [0.25, 0.3) is 17.2 Å². The van der Waals surface area contributed by atoms with E-state index in [-0.39, 0.29) is 12.2 Å². The molecule has 0 radical (unpaired) electrons. The molecule has 0 saturated carbocycles. The Balaban J connectivity index is 1.32. The second kappa shape index (κ2) is 14.4. The average molecular weight is 543 g/mol. The smallest absolute Gasteiger partial charge is 0.160 e. The summed E-state index contributed by atoms with van der Waals surface area (Å²) in [6.07, 6.45) is 8.31. The standard InChI is InChI=1S/C32H34N2O4S/c1-3-17-34-24-33-22-29(34)23-39(36)32-15-8-26(9-16-32)21-30(35)12-7-25-5-4-6-28(20-25)27-10-13-31(14-11-27)38-19-18-37-2/h4-16,20,22,24H,3,17-19,21,23H2,1-2H3. The van der Waals surface area contributed by atoms with Crippen molar-refractivity contribution in [3.05, 3.63) is 108 Å². The van der Waals surface area contributed by atoms with Crippen LogP contribution in [0.4, 0.5) is 0 Å². The predicted octanol–water partition coefficient (Wildman–Crippen LogP) is 6.12. The number of ketones is 1. The topological polar surface area (TPSA) is 70.4 Å². The molecule has 39 heavy (non-hydrogen) atoms. The fraction of sp³-hybridized carbons (Fsp3) is 0.250. The van der Waals surface area contributed by atoms with Crippen LogP contribution >= 0.6 is 0 Å². The molecule has 0 bridgehead atoms. The molecular formula is C32H34N2O4S. The average Bonchev–Trinajstić information content (AvgIpc) is 3.39. The van der Waals surface area contributed by atoms with E-state index < -0.39 is 10.8 Å². The molecule has 1 heterocycles. The zero-order valence-electron chi connectivity index (χ0n) is 22.4. The molecule has 1 atom stereocenters. The Labute approximate surface area is 232 Å². The number of nitrogens with zero attached hydrogens (tertiary/aromatic N) is 2. The number of hydrogen-bond donors (Lipinski definition) is 0. The molecule has 0 N–H and O–H groups in total. The zero-order valence-corrected chi connectivity index (χ0v) is 23.2. The van der Waals surface area contributed by atoms with E-state index in [2.05, 4.69) is 18.0 Å². The lowest BCUT2D eigenvalue weighted by molar-refractivity contribution is -0.113. The third-order valence-electron chi connectivity index (χ3n) is 6.20. The van der Waals surface area contributed by atoms with Crippen LogP contribution in [0.1, 0.15) is 30.2 Å². The van der Waals surface area contributed by atoms with Gasteiger partial charge in [-0.3, -0.25) is 9.00 Å². The van der Waals surface area contributed by atoms with Gasteiger partial charge in [0.1, 0.15) is 12.4 Å². The van der Waals surface area contributed by atoms with Crippen LogP contribution in [-0.2, 0) is 39.0 Å². The first-order valence-corrected chi connectivity index (χ1v) is 14.4. The molecule has 6 nitrogen and oxygen atoms in total. The Kier molecular flexibility index (Phi) is 10.4. The first-order valence-electron chi connectivity index (χ1n) is 13.0. The number of methoxy groups -OCH3 is 1. The van der Waals surface area contributed by atoms with Gasteiger partial charge in [-0.2, -0.15) is 0 Å². The van der Waals surface area contributed by atoms with Crippen LogP contribution < -0.4 is 4.74 Å². The van der Waals surface area contributed by atoms with Crippen molar-refractivity contribution in [2.75, 3.05) is 20.3 Å². The Bertz CT molecular complexity index is 1410. The van der Waals surface area contributed by atoms with E-state index in [1.165, 1.54) is 0 Å². The lowest BCUT2D eigenvalue weighted by Gasteiger charge is -2.07. The lowest BCUT2D eigenvalue weighted by atomic mass is 10.0. The molecule has 4 rings (SSSR count). The highest BCUT2D eigenvalue weighted by Crippen LogP contribution is 2.24. The minimum absolute atomic E-state index is 0.00954. The van der Waals surface area contributed by atoms with Crippen molar-refractivity contribution in [2.45, 2.75) is 37.0 Å². The molecule has 3 aromatic carbocycles. The maximum atomic E-state index is 12.8. The number of aromatic nitrogens is 2. The van der Waals surface area contributed by atoms with E-state index in [9.17, 15) is 9.00 Å². The normalized spacial score (nSPS) is 12.1. The van der Waals surface area contributed by atoms with Gasteiger partial charge in [0.05, 0.1) is 35.2 Å². The van der Waals surface area contributed by atoms with Gasteiger partial charge in [-0.05, 0) is 65.1 Å². The third kappa shape index (κ3) is 8.34. The highest BCUT2D eigenvalue weighted by Gasteiger charge is 2.10. The minimum atomic E-state index is -1.17. The van der Waals surface area contributed by atoms with Crippen LogP contribution in [0, 0.1) is 0 Å².